The van der Waals surface area contributed by atoms with Crippen LogP contribution in [0.15, 0.2) is 36.4 Å². The smallest absolute Gasteiger partial charge is 0.221 e. The standard InChI is InChI=1S/C16H16FN3O/c1-9-6-13(20-10(2)21)8-14(15(9)18)16(19)11-4-3-5-12(17)7-11/h3-8,19H,18H2,1-2H3,(H,20,21). The van der Waals surface area contributed by atoms with Crippen LogP contribution < -0.4 is 11.1 Å². The molecule has 0 bridgehead atoms. The van der Waals surface area contributed by atoms with Crippen LogP contribution in [0.2, 0.25) is 0 Å². The lowest BCUT2D eigenvalue weighted by Gasteiger charge is -2.13. The van der Waals surface area contributed by atoms with Crippen molar-refractivity contribution in [1.82, 2.24) is 0 Å². The normalized spacial score (nSPS) is 10.2. The Morgan fingerprint density at radius 3 is 2.62 bits per heavy atom. The molecule has 2 rings (SSSR count). The van der Waals surface area contributed by atoms with E-state index < -0.39 is 5.82 Å². The van der Waals surface area contributed by atoms with Crippen molar-refractivity contribution in [3.8, 4) is 0 Å². The number of nitrogens with two attached hydrogens (primary N) is 1. The SMILES string of the molecule is CC(=O)Nc1cc(C)c(N)c(C(=N)c2cccc(F)c2)c1. The predicted molar refractivity (Wildman–Crippen MR) is 82.2 cm³/mol. The van der Waals surface area contributed by atoms with Gasteiger partial charge < -0.3 is 11.1 Å². The van der Waals surface area contributed by atoms with Crippen molar-refractivity contribution in [3.05, 3.63) is 58.9 Å². The van der Waals surface area contributed by atoms with Crippen molar-refractivity contribution in [1.29, 1.82) is 5.41 Å². The molecule has 0 saturated heterocycles. The molecule has 0 atom stereocenters. The summed E-state index contributed by atoms with van der Waals surface area (Å²) in [6.45, 7) is 3.20. The number of hydrogen-bond acceptors (Lipinski definition) is 3. The first-order valence-corrected chi connectivity index (χ1v) is 6.41. The lowest BCUT2D eigenvalue weighted by molar-refractivity contribution is -0.114. The third-order valence-electron chi connectivity index (χ3n) is 3.09. The van der Waals surface area contributed by atoms with E-state index in [9.17, 15) is 9.18 Å². The molecular weight excluding hydrogens is 269 g/mol. The second-order valence-corrected chi connectivity index (χ2v) is 4.82. The minimum Gasteiger partial charge on any atom is -0.398 e. The van der Waals surface area contributed by atoms with Crippen LogP contribution in [0, 0.1) is 18.2 Å². The first-order chi connectivity index (χ1) is 9.88. The Bertz CT molecular complexity index is 725. The summed E-state index contributed by atoms with van der Waals surface area (Å²) in [5.41, 5.74) is 8.77. The zero-order valence-electron chi connectivity index (χ0n) is 11.8. The second-order valence-electron chi connectivity index (χ2n) is 4.82. The summed E-state index contributed by atoms with van der Waals surface area (Å²) >= 11 is 0. The zero-order valence-corrected chi connectivity index (χ0v) is 11.8. The molecule has 0 aliphatic heterocycles. The summed E-state index contributed by atoms with van der Waals surface area (Å²) in [6, 6.07) is 9.14. The third-order valence-corrected chi connectivity index (χ3v) is 3.09. The minimum atomic E-state index is -0.412. The van der Waals surface area contributed by atoms with Crippen LogP contribution in [0.1, 0.15) is 23.6 Å². The van der Waals surface area contributed by atoms with Crippen LogP contribution in [0.25, 0.3) is 0 Å². The van der Waals surface area contributed by atoms with E-state index in [0.717, 1.165) is 5.56 Å². The molecule has 0 unspecified atom stereocenters. The lowest BCUT2D eigenvalue weighted by atomic mass is 9.97. The van der Waals surface area contributed by atoms with Gasteiger partial charge in [0.2, 0.25) is 5.91 Å². The van der Waals surface area contributed by atoms with Gasteiger partial charge in [-0.15, -0.1) is 0 Å². The summed E-state index contributed by atoms with van der Waals surface area (Å²) in [4.78, 5) is 11.2. The molecular formula is C16H16FN3O. The van der Waals surface area contributed by atoms with Crippen molar-refractivity contribution < 1.29 is 9.18 Å². The Balaban J connectivity index is 2.49. The van der Waals surface area contributed by atoms with E-state index in [0.29, 0.717) is 22.5 Å². The molecule has 0 fully saturated rings. The van der Waals surface area contributed by atoms with Gasteiger partial charge in [-0.1, -0.05) is 12.1 Å². The molecule has 1 amide bonds. The van der Waals surface area contributed by atoms with Gasteiger partial charge in [0.05, 0.1) is 5.71 Å². The Kier molecular flexibility index (Phi) is 4.03. The molecule has 0 aliphatic rings. The molecule has 0 aromatic heterocycles. The monoisotopic (exact) mass is 285 g/mol. The number of nitrogens with one attached hydrogen (secondary N) is 2. The highest BCUT2D eigenvalue weighted by Crippen LogP contribution is 2.25. The average Bonchev–Trinajstić information content (AvgIpc) is 2.41. The van der Waals surface area contributed by atoms with Gasteiger partial charge in [-0.05, 0) is 36.8 Å². The van der Waals surface area contributed by atoms with E-state index >= 15 is 0 Å². The van der Waals surface area contributed by atoms with E-state index in [2.05, 4.69) is 5.32 Å². The summed E-state index contributed by atoms with van der Waals surface area (Å²) in [5, 5.41) is 10.9. The maximum absolute atomic E-state index is 13.3. The van der Waals surface area contributed by atoms with E-state index in [-0.39, 0.29) is 11.6 Å². The predicted octanol–water partition coefficient (Wildman–Crippen LogP) is 3.09. The fourth-order valence-electron chi connectivity index (χ4n) is 2.08. The van der Waals surface area contributed by atoms with Crippen LogP contribution in [-0.4, -0.2) is 11.6 Å². The van der Waals surface area contributed by atoms with E-state index in [1.54, 1.807) is 31.2 Å². The Morgan fingerprint density at radius 1 is 1.29 bits per heavy atom. The van der Waals surface area contributed by atoms with Crippen LogP contribution in [0.4, 0.5) is 15.8 Å². The van der Waals surface area contributed by atoms with Crippen molar-refractivity contribution in [2.75, 3.05) is 11.1 Å². The zero-order chi connectivity index (χ0) is 15.6. The molecule has 2 aromatic carbocycles. The average molecular weight is 285 g/mol. The lowest BCUT2D eigenvalue weighted by Crippen LogP contribution is -2.11. The molecule has 5 heteroatoms. The van der Waals surface area contributed by atoms with Crippen LogP contribution in [0.5, 0.6) is 0 Å². The fourth-order valence-corrected chi connectivity index (χ4v) is 2.08. The Morgan fingerprint density at radius 2 is 2.00 bits per heavy atom. The maximum atomic E-state index is 13.3. The number of carbonyl (C=O) groups is 1. The first-order valence-electron chi connectivity index (χ1n) is 6.41. The molecule has 21 heavy (non-hydrogen) atoms. The molecule has 4 nitrogen and oxygen atoms in total. The first kappa shape index (κ1) is 14.7. The van der Waals surface area contributed by atoms with Crippen LogP contribution >= 0.6 is 0 Å². The van der Waals surface area contributed by atoms with Gasteiger partial charge >= 0.3 is 0 Å². The molecule has 2 aromatic rings. The third kappa shape index (κ3) is 3.25. The topological polar surface area (TPSA) is 79.0 Å². The number of anilines is 2. The minimum absolute atomic E-state index is 0.113. The number of aryl methyl sites for hydroxylation is 1. The highest BCUT2D eigenvalue weighted by atomic mass is 19.1. The van der Waals surface area contributed by atoms with E-state index in [4.69, 9.17) is 11.1 Å². The molecule has 0 radical (unpaired) electrons. The number of halogens is 1. The number of nitrogen functional groups attached to an aromatic ring is 1. The molecule has 0 aliphatic carbocycles. The van der Waals surface area contributed by atoms with Crippen molar-refractivity contribution in [2.45, 2.75) is 13.8 Å². The van der Waals surface area contributed by atoms with Gasteiger partial charge in [-0.3, -0.25) is 10.2 Å². The van der Waals surface area contributed by atoms with Crippen molar-refractivity contribution in [3.63, 3.8) is 0 Å². The Hall–Kier alpha value is -2.69. The maximum Gasteiger partial charge on any atom is 0.221 e. The number of benzene rings is 2. The molecule has 4 N–H and O–H groups in total. The summed E-state index contributed by atoms with van der Waals surface area (Å²) < 4.78 is 13.3. The van der Waals surface area contributed by atoms with E-state index in [1.165, 1.54) is 19.1 Å². The van der Waals surface area contributed by atoms with Gasteiger partial charge in [0.1, 0.15) is 5.82 Å². The number of hydrogen-bond donors (Lipinski definition) is 3. The second kappa shape index (κ2) is 5.75. The number of rotatable bonds is 3. The molecule has 0 spiro atoms. The van der Waals surface area contributed by atoms with Gasteiger partial charge in [-0.2, -0.15) is 0 Å². The molecule has 0 heterocycles. The van der Waals surface area contributed by atoms with Gasteiger partial charge in [-0.25, -0.2) is 4.39 Å². The van der Waals surface area contributed by atoms with Crippen molar-refractivity contribution >= 4 is 23.0 Å². The van der Waals surface area contributed by atoms with Crippen LogP contribution in [0.3, 0.4) is 0 Å². The summed E-state index contributed by atoms with van der Waals surface area (Å²) in [5.74, 6) is -0.618. The summed E-state index contributed by atoms with van der Waals surface area (Å²) in [7, 11) is 0. The fraction of sp³-hybridized carbons (Fsp3) is 0.125. The molecule has 108 valence electrons. The number of amides is 1. The largest absolute Gasteiger partial charge is 0.398 e. The molecule has 0 saturated carbocycles. The van der Waals surface area contributed by atoms with Crippen molar-refractivity contribution in [2.24, 2.45) is 0 Å². The quantitative estimate of drug-likeness (QED) is 0.598. The summed E-state index contributed by atoms with van der Waals surface area (Å²) in [6.07, 6.45) is 0. The van der Waals surface area contributed by atoms with Crippen LogP contribution in [-0.2, 0) is 4.79 Å². The van der Waals surface area contributed by atoms with Gasteiger partial charge in [0, 0.05) is 29.4 Å². The van der Waals surface area contributed by atoms with Gasteiger partial charge in [0.15, 0.2) is 0 Å². The highest BCUT2D eigenvalue weighted by molar-refractivity contribution is 6.14. The van der Waals surface area contributed by atoms with Gasteiger partial charge in [0.25, 0.3) is 0 Å². The highest BCUT2D eigenvalue weighted by Gasteiger charge is 2.13. The Labute approximate surface area is 122 Å². The van der Waals surface area contributed by atoms with E-state index in [1.807, 2.05) is 0 Å². The number of carbonyl (C=O) groups excluding carboxylic acids is 1.